The summed E-state index contributed by atoms with van der Waals surface area (Å²) in [6.45, 7) is 4.62. The Kier molecular flexibility index (Phi) is 9.41. The molecule has 0 spiro atoms. The Labute approximate surface area is 196 Å². The highest BCUT2D eigenvalue weighted by Gasteiger charge is 2.22. The van der Waals surface area contributed by atoms with E-state index in [1.165, 1.54) is 19.1 Å². The summed E-state index contributed by atoms with van der Waals surface area (Å²) in [7, 11) is -3.18. The summed E-state index contributed by atoms with van der Waals surface area (Å²) in [5.41, 5.74) is 2.04. The van der Waals surface area contributed by atoms with E-state index in [9.17, 15) is 8.42 Å². The van der Waals surface area contributed by atoms with E-state index in [0.717, 1.165) is 30.0 Å². The standard InChI is InChI=1S/C22H29N3O3S.HI/c1-3-23-22(24-14-17-10-12-20(13-11-17)29(2,26)27)25-15-19-6-4-5-7-21(19)28-16-18-8-9-18;/h4-7,10-13,18H,3,8-9,14-16H2,1-2H3,(H2,23,24,25);1H. The summed E-state index contributed by atoms with van der Waals surface area (Å²) in [6, 6.07) is 14.9. The molecular weight excluding hydrogens is 513 g/mol. The molecule has 3 rings (SSSR count). The molecule has 0 aliphatic heterocycles. The van der Waals surface area contributed by atoms with Gasteiger partial charge in [0, 0.05) is 24.9 Å². The lowest BCUT2D eigenvalue weighted by atomic mass is 10.2. The minimum atomic E-state index is -3.18. The van der Waals surface area contributed by atoms with Crippen LogP contribution in [0.15, 0.2) is 58.4 Å². The van der Waals surface area contributed by atoms with Crippen molar-refractivity contribution in [2.75, 3.05) is 19.4 Å². The van der Waals surface area contributed by atoms with E-state index in [1.807, 2.05) is 25.1 Å². The summed E-state index contributed by atoms with van der Waals surface area (Å²) in [5.74, 6) is 2.33. The van der Waals surface area contributed by atoms with E-state index in [4.69, 9.17) is 4.74 Å². The molecule has 2 N–H and O–H groups in total. The zero-order valence-corrected chi connectivity index (χ0v) is 20.6. The van der Waals surface area contributed by atoms with Gasteiger partial charge in [-0.05, 0) is 49.4 Å². The number of hydrogen-bond acceptors (Lipinski definition) is 4. The number of ether oxygens (including phenoxy) is 1. The third kappa shape index (κ3) is 7.79. The van der Waals surface area contributed by atoms with Crippen LogP contribution in [-0.2, 0) is 22.9 Å². The smallest absolute Gasteiger partial charge is 0.191 e. The van der Waals surface area contributed by atoms with Gasteiger partial charge in [-0.25, -0.2) is 13.4 Å². The molecule has 0 radical (unpaired) electrons. The van der Waals surface area contributed by atoms with Crippen LogP contribution in [-0.4, -0.2) is 33.8 Å². The molecule has 164 valence electrons. The maximum absolute atomic E-state index is 11.6. The Morgan fingerprint density at radius 2 is 1.80 bits per heavy atom. The van der Waals surface area contributed by atoms with Crippen molar-refractivity contribution in [1.29, 1.82) is 0 Å². The van der Waals surface area contributed by atoms with E-state index in [0.29, 0.717) is 29.9 Å². The molecule has 0 heterocycles. The zero-order valence-electron chi connectivity index (χ0n) is 17.4. The molecule has 6 nitrogen and oxygen atoms in total. The summed E-state index contributed by atoms with van der Waals surface area (Å²) in [5, 5.41) is 6.59. The van der Waals surface area contributed by atoms with Gasteiger partial charge in [0.15, 0.2) is 15.8 Å². The van der Waals surface area contributed by atoms with Crippen molar-refractivity contribution < 1.29 is 13.2 Å². The van der Waals surface area contributed by atoms with E-state index >= 15 is 0 Å². The van der Waals surface area contributed by atoms with Crippen molar-refractivity contribution in [2.24, 2.45) is 10.9 Å². The van der Waals surface area contributed by atoms with Crippen LogP contribution in [0.2, 0.25) is 0 Å². The lowest BCUT2D eigenvalue weighted by Gasteiger charge is -2.14. The molecule has 2 aromatic carbocycles. The van der Waals surface area contributed by atoms with Crippen molar-refractivity contribution in [3.05, 3.63) is 59.7 Å². The second-order valence-electron chi connectivity index (χ2n) is 7.33. The van der Waals surface area contributed by atoms with Gasteiger partial charge >= 0.3 is 0 Å². The second-order valence-corrected chi connectivity index (χ2v) is 9.34. The highest BCUT2D eigenvalue weighted by Crippen LogP contribution is 2.30. The molecule has 0 saturated heterocycles. The van der Waals surface area contributed by atoms with Crippen LogP contribution < -0.4 is 15.4 Å². The molecule has 0 bridgehead atoms. The van der Waals surface area contributed by atoms with Crippen LogP contribution in [0, 0.1) is 5.92 Å². The highest BCUT2D eigenvalue weighted by atomic mass is 127. The Hall–Kier alpha value is -1.81. The Morgan fingerprint density at radius 1 is 1.10 bits per heavy atom. The summed E-state index contributed by atoms with van der Waals surface area (Å²) in [6.07, 6.45) is 3.74. The first-order valence-corrected chi connectivity index (χ1v) is 11.9. The topological polar surface area (TPSA) is 79.8 Å². The molecule has 2 aromatic rings. The maximum Gasteiger partial charge on any atom is 0.191 e. The van der Waals surface area contributed by atoms with Crippen LogP contribution in [0.4, 0.5) is 0 Å². The van der Waals surface area contributed by atoms with Crippen LogP contribution in [0.25, 0.3) is 0 Å². The van der Waals surface area contributed by atoms with Crippen molar-refractivity contribution >= 4 is 39.8 Å². The van der Waals surface area contributed by atoms with Gasteiger partial charge in [0.25, 0.3) is 0 Å². The number of sulfone groups is 1. The number of para-hydroxylation sites is 1. The van der Waals surface area contributed by atoms with Crippen molar-refractivity contribution in [3.63, 3.8) is 0 Å². The minimum absolute atomic E-state index is 0. The monoisotopic (exact) mass is 543 g/mol. The zero-order chi connectivity index (χ0) is 20.7. The van der Waals surface area contributed by atoms with Gasteiger partial charge in [0.2, 0.25) is 0 Å². The number of benzene rings is 2. The van der Waals surface area contributed by atoms with E-state index < -0.39 is 9.84 Å². The number of guanidine groups is 1. The summed E-state index contributed by atoms with van der Waals surface area (Å²) >= 11 is 0. The Morgan fingerprint density at radius 3 is 2.43 bits per heavy atom. The molecule has 1 fully saturated rings. The average Bonchev–Trinajstić information content (AvgIpc) is 3.53. The largest absolute Gasteiger partial charge is 0.493 e. The molecule has 1 aliphatic carbocycles. The molecule has 1 saturated carbocycles. The predicted octanol–water partition coefficient (Wildman–Crippen LogP) is 3.75. The van der Waals surface area contributed by atoms with Crippen molar-refractivity contribution in [1.82, 2.24) is 10.6 Å². The van der Waals surface area contributed by atoms with Crippen LogP contribution in [0.5, 0.6) is 5.75 Å². The molecule has 1 aliphatic rings. The van der Waals surface area contributed by atoms with Gasteiger partial charge in [0.1, 0.15) is 5.75 Å². The summed E-state index contributed by atoms with van der Waals surface area (Å²) < 4.78 is 29.1. The lowest BCUT2D eigenvalue weighted by molar-refractivity contribution is 0.296. The third-order valence-corrected chi connectivity index (χ3v) is 5.83. The Bertz CT molecular complexity index is 942. The van der Waals surface area contributed by atoms with Crippen LogP contribution >= 0.6 is 24.0 Å². The fraction of sp³-hybridized carbons (Fsp3) is 0.409. The van der Waals surface area contributed by atoms with E-state index in [-0.39, 0.29) is 24.0 Å². The van der Waals surface area contributed by atoms with Gasteiger partial charge in [0.05, 0.1) is 18.0 Å². The number of rotatable bonds is 9. The van der Waals surface area contributed by atoms with Gasteiger partial charge in [-0.2, -0.15) is 0 Å². The molecule has 0 unspecified atom stereocenters. The van der Waals surface area contributed by atoms with Crippen molar-refractivity contribution in [2.45, 2.75) is 37.8 Å². The number of nitrogens with zero attached hydrogens (tertiary/aromatic N) is 1. The third-order valence-electron chi connectivity index (χ3n) is 4.71. The number of aliphatic imine (C=N–C) groups is 1. The number of hydrogen-bond donors (Lipinski definition) is 2. The molecule has 8 heteroatoms. The summed E-state index contributed by atoms with van der Waals surface area (Å²) in [4.78, 5) is 4.93. The van der Waals surface area contributed by atoms with Gasteiger partial charge in [-0.1, -0.05) is 30.3 Å². The Balaban J connectivity index is 0.00000320. The van der Waals surface area contributed by atoms with Gasteiger partial charge in [-0.3, -0.25) is 0 Å². The SMILES string of the molecule is CCNC(=NCc1ccc(S(C)(=O)=O)cc1)NCc1ccccc1OCC1CC1.I. The molecule has 0 amide bonds. The van der Waals surface area contributed by atoms with Gasteiger partial charge < -0.3 is 15.4 Å². The molecular formula is C22H30IN3O3S. The maximum atomic E-state index is 11.6. The van der Waals surface area contributed by atoms with Crippen LogP contribution in [0.3, 0.4) is 0 Å². The highest BCUT2D eigenvalue weighted by molar-refractivity contribution is 14.0. The van der Waals surface area contributed by atoms with E-state index in [2.05, 4.69) is 21.7 Å². The fourth-order valence-corrected chi connectivity index (χ4v) is 3.45. The molecule has 30 heavy (non-hydrogen) atoms. The minimum Gasteiger partial charge on any atom is -0.493 e. The lowest BCUT2D eigenvalue weighted by Crippen LogP contribution is -2.36. The van der Waals surface area contributed by atoms with Crippen LogP contribution in [0.1, 0.15) is 30.9 Å². The molecule has 0 atom stereocenters. The fourth-order valence-electron chi connectivity index (χ4n) is 2.82. The molecule has 0 aromatic heterocycles. The van der Waals surface area contributed by atoms with Crippen molar-refractivity contribution in [3.8, 4) is 5.75 Å². The number of halogens is 1. The van der Waals surface area contributed by atoms with Gasteiger partial charge in [-0.15, -0.1) is 24.0 Å². The predicted molar refractivity (Wildman–Crippen MR) is 131 cm³/mol. The number of nitrogens with one attached hydrogen (secondary N) is 2. The average molecular weight is 543 g/mol. The van der Waals surface area contributed by atoms with E-state index in [1.54, 1.807) is 24.3 Å². The normalized spacial score (nSPS) is 14.0. The second kappa shape index (κ2) is 11.5. The first-order valence-electron chi connectivity index (χ1n) is 9.97. The first-order chi connectivity index (χ1) is 14.0. The quantitative estimate of drug-likeness (QED) is 0.286. The first kappa shape index (κ1) is 24.5.